The third-order valence-corrected chi connectivity index (χ3v) is 8.04. The van der Waals surface area contributed by atoms with Gasteiger partial charge in [-0.25, -0.2) is 9.36 Å². The molecule has 12 heteroatoms. The molecule has 0 aromatic rings. The zero-order valence-electron chi connectivity index (χ0n) is 27.2. The molecule has 258 valence electrons. The number of allylic oxidation sites excluding steroid dienone is 2. The number of aliphatic hydroxyl groups is 1. The number of carbonyl (C=O) groups excluding carboxylic acids is 2. The number of carboxylic acids is 1. The summed E-state index contributed by atoms with van der Waals surface area (Å²) in [7, 11) is -4.70. The lowest BCUT2D eigenvalue weighted by molar-refractivity contribution is -0.147. The maximum atomic E-state index is 11.9. The third-order valence-electron chi connectivity index (χ3n) is 7.09. The van der Waals surface area contributed by atoms with Gasteiger partial charge in [-0.05, 0) is 32.1 Å². The molecule has 0 rings (SSSR count). The summed E-state index contributed by atoms with van der Waals surface area (Å²) in [6.45, 7) is 1.44. The fraction of sp³-hybridized carbons (Fsp3) is 0.844. The van der Waals surface area contributed by atoms with Crippen LogP contribution in [0.25, 0.3) is 0 Å². The number of amides is 1. The number of phosphoric acid groups is 1. The first-order chi connectivity index (χ1) is 21.1. The normalized spacial score (nSPS) is 14.3. The van der Waals surface area contributed by atoms with Crippen LogP contribution in [0.5, 0.6) is 0 Å². The Kier molecular flexibility index (Phi) is 27.5. The lowest BCUT2D eigenvalue weighted by Gasteiger charge is -2.18. The second-order valence-electron chi connectivity index (χ2n) is 11.4. The van der Waals surface area contributed by atoms with E-state index in [2.05, 4.69) is 28.1 Å². The van der Waals surface area contributed by atoms with Crippen LogP contribution in [-0.2, 0) is 32.7 Å². The van der Waals surface area contributed by atoms with Gasteiger partial charge in [-0.1, -0.05) is 109 Å². The molecule has 0 aliphatic heterocycles. The number of phosphoric ester groups is 1. The molecule has 0 spiro atoms. The molecule has 0 aliphatic rings. The Morgan fingerprint density at radius 1 is 0.727 bits per heavy atom. The quantitative estimate of drug-likeness (QED) is 0.0266. The monoisotopic (exact) mass is 649 g/mol. The van der Waals surface area contributed by atoms with Crippen LogP contribution < -0.4 is 5.32 Å². The molecule has 0 aromatic carbocycles. The van der Waals surface area contributed by atoms with E-state index in [0.717, 1.165) is 26.2 Å². The second kappa shape index (κ2) is 28.7. The SMILES string of the molecule is CCCCCCCC/C=C/CCCCCCCCCCCCCC(=O)OCC(O)COP(=O)(O)OCC(NC(C)=O)C(=O)O. The van der Waals surface area contributed by atoms with Crippen LogP contribution in [0.15, 0.2) is 12.2 Å². The number of unbranched alkanes of at least 4 members (excludes halogenated alkanes) is 17. The number of esters is 1. The summed E-state index contributed by atoms with van der Waals surface area (Å²) >= 11 is 0. The van der Waals surface area contributed by atoms with Crippen molar-refractivity contribution in [1.82, 2.24) is 5.32 Å². The second-order valence-corrected chi connectivity index (χ2v) is 12.9. The highest BCUT2D eigenvalue weighted by atomic mass is 31.2. The van der Waals surface area contributed by atoms with Crippen LogP contribution in [0.4, 0.5) is 0 Å². The minimum atomic E-state index is -4.70. The molecule has 0 heterocycles. The first-order valence-electron chi connectivity index (χ1n) is 16.7. The minimum absolute atomic E-state index is 0.225. The van der Waals surface area contributed by atoms with Gasteiger partial charge >= 0.3 is 19.8 Å². The molecule has 3 unspecified atom stereocenters. The van der Waals surface area contributed by atoms with Crippen molar-refractivity contribution in [3.8, 4) is 0 Å². The van der Waals surface area contributed by atoms with Gasteiger partial charge in [0, 0.05) is 13.3 Å². The summed E-state index contributed by atoms with van der Waals surface area (Å²) in [6, 6.07) is -1.54. The van der Waals surface area contributed by atoms with E-state index in [9.17, 15) is 28.9 Å². The highest BCUT2D eigenvalue weighted by molar-refractivity contribution is 7.47. The number of hydrogen-bond donors (Lipinski definition) is 4. The highest BCUT2D eigenvalue weighted by Gasteiger charge is 2.28. The summed E-state index contributed by atoms with van der Waals surface area (Å²) in [5.41, 5.74) is 0. The number of hydrogen-bond acceptors (Lipinski definition) is 8. The number of rotatable bonds is 31. The van der Waals surface area contributed by atoms with Crippen LogP contribution in [0.2, 0.25) is 0 Å². The van der Waals surface area contributed by atoms with Crippen LogP contribution in [0, 0.1) is 0 Å². The number of carboxylic acid groups (broad SMARTS) is 1. The van der Waals surface area contributed by atoms with Crippen LogP contribution in [-0.4, -0.2) is 64.9 Å². The van der Waals surface area contributed by atoms with Crippen molar-refractivity contribution in [1.29, 1.82) is 0 Å². The van der Waals surface area contributed by atoms with Gasteiger partial charge in [-0.15, -0.1) is 0 Å². The smallest absolute Gasteiger partial charge is 0.472 e. The molecule has 3 atom stereocenters. The number of ether oxygens (including phenoxy) is 1. The van der Waals surface area contributed by atoms with E-state index in [1.807, 2.05) is 5.32 Å². The van der Waals surface area contributed by atoms with E-state index >= 15 is 0 Å². The number of carbonyl (C=O) groups is 3. The van der Waals surface area contributed by atoms with Crippen molar-refractivity contribution in [2.75, 3.05) is 19.8 Å². The van der Waals surface area contributed by atoms with Crippen molar-refractivity contribution < 1.29 is 47.8 Å². The van der Waals surface area contributed by atoms with E-state index in [4.69, 9.17) is 9.84 Å². The molecule has 4 N–H and O–H groups in total. The van der Waals surface area contributed by atoms with Crippen molar-refractivity contribution in [3.63, 3.8) is 0 Å². The van der Waals surface area contributed by atoms with Gasteiger partial charge < -0.3 is 25.2 Å². The van der Waals surface area contributed by atoms with E-state index in [1.165, 1.54) is 96.3 Å². The summed E-state index contributed by atoms with van der Waals surface area (Å²) in [4.78, 5) is 43.5. The zero-order chi connectivity index (χ0) is 32.9. The first kappa shape index (κ1) is 42.2. The first-order valence-corrected chi connectivity index (χ1v) is 18.2. The summed E-state index contributed by atoms with van der Waals surface area (Å²) in [5.74, 6) is -2.59. The molecule has 0 aliphatic carbocycles. The van der Waals surface area contributed by atoms with Gasteiger partial charge in [0.1, 0.15) is 12.7 Å². The largest absolute Gasteiger partial charge is 0.480 e. The molecular formula is C32H60NO10P. The molecule has 11 nitrogen and oxygen atoms in total. The Bertz CT molecular complexity index is 823. The lowest BCUT2D eigenvalue weighted by Crippen LogP contribution is -2.42. The molecule has 0 saturated carbocycles. The standard InChI is InChI=1S/C32H60NO10P/c1-3-4-5-6-7-8-9-10-11-12-13-14-15-16-17-18-19-20-21-22-23-24-31(36)41-25-29(35)26-42-44(39,40)43-27-30(32(37)38)33-28(2)34/h10-11,29-30,35H,3-9,12-27H2,1-2H3,(H,33,34)(H,37,38)(H,39,40)/b11-10+. The lowest BCUT2D eigenvalue weighted by atomic mass is 10.0. The maximum absolute atomic E-state index is 11.9. The molecule has 0 fully saturated rings. The van der Waals surface area contributed by atoms with Crippen molar-refractivity contribution in [2.24, 2.45) is 0 Å². The van der Waals surface area contributed by atoms with Gasteiger partial charge in [0.15, 0.2) is 6.04 Å². The summed E-state index contributed by atoms with van der Waals surface area (Å²) in [5, 5.41) is 20.9. The van der Waals surface area contributed by atoms with Gasteiger partial charge in [0.2, 0.25) is 5.91 Å². The molecular weight excluding hydrogens is 589 g/mol. The maximum Gasteiger partial charge on any atom is 0.472 e. The van der Waals surface area contributed by atoms with E-state index < -0.39 is 57.6 Å². The molecule has 0 saturated heterocycles. The molecule has 0 radical (unpaired) electrons. The van der Waals surface area contributed by atoms with Crippen LogP contribution in [0.3, 0.4) is 0 Å². The van der Waals surface area contributed by atoms with E-state index in [0.29, 0.717) is 6.42 Å². The average Bonchev–Trinajstić information content (AvgIpc) is 2.97. The van der Waals surface area contributed by atoms with Gasteiger partial charge in [-0.3, -0.25) is 18.6 Å². The Morgan fingerprint density at radius 3 is 1.66 bits per heavy atom. The van der Waals surface area contributed by atoms with Crippen molar-refractivity contribution in [2.45, 2.75) is 154 Å². The van der Waals surface area contributed by atoms with Crippen LogP contribution in [0.1, 0.15) is 142 Å². The summed E-state index contributed by atoms with van der Waals surface area (Å²) in [6.07, 6.45) is 27.0. The molecule has 44 heavy (non-hydrogen) atoms. The molecule has 0 aromatic heterocycles. The minimum Gasteiger partial charge on any atom is -0.480 e. The number of aliphatic carboxylic acids is 1. The topological polar surface area (TPSA) is 169 Å². The fourth-order valence-electron chi connectivity index (χ4n) is 4.52. The zero-order valence-corrected chi connectivity index (χ0v) is 28.1. The Labute approximate surface area is 265 Å². The predicted molar refractivity (Wildman–Crippen MR) is 171 cm³/mol. The predicted octanol–water partition coefficient (Wildman–Crippen LogP) is 6.99. The Balaban J connectivity index is 3.60. The third kappa shape index (κ3) is 29.0. The number of nitrogens with one attached hydrogen (secondary N) is 1. The van der Waals surface area contributed by atoms with Crippen molar-refractivity contribution >= 4 is 25.7 Å². The average molecular weight is 650 g/mol. The van der Waals surface area contributed by atoms with Gasteiger partial charge in [0.05, 0.1) is 13.2 Å². The van der Waals surface area contributed by atoms with Gasteiger partial charge in [-0.2, -0.15) is 0 Å². The summed E-state index contributed by atoms with van der Waals surface area (Å²) < 4.78 is 26.0. The van der Waals surface area contributed by atoms with Crippen LogP contribution >= 0.6 is 7.82 Å². The van der Waals surface area contributed by atoms with E-state index in [1.54, 1.807) is 0 Å². The van der Waals surface area contributed by atoms with Gasteiger partial charge in [0.25, 0.3) is 0 Å². The fourth-order valence-corrected chi connectivity index (χ4v) is 5.29. The molecule has 1 amide bonds. The van der Waals surface area contributed by atoms with Crippen molar-refractivity contribution in [3.05, 3.63) is 12.2 Å². The molecule has 0 bridgehead atoms. The highest BCUT2D eigenvalue weighted by Crippen LogP contribution is 2.43. The Morgan fingerprint density at radius 2 is 1.18 bits per heavy atom. The van der Waals surface area contributed by atoms with E-state index in [-0.39, 0.29) is 6.42 Å². The number of aliphatic hydroxyl groups excluding tert-OH is 1. The Hall–Kier alpha value is -1.78.